The smallest absolute Gasteiger partial charge is 0.134 e. The van der Waals surface area contributed by atoms with E-state index in [0.29, 0.717) is 11.7 Å². The predicted octanol–water partition coefficient (Wildman–Crippen LogP) is 2.83. The van der Waals surface area contributed by atoms with E-state index in [0.717, 1.165) is 36.7 Å². The van der Waals surface area contributed by atoms with Crippen LogP contribution >= 0.6 is 0 Å². The average molecular weight is 370 g/mol. The molecule has 6 nitrogen and oxygen atoms in total. The number of benzene rings is 1. The molecule has 1 aromatic heterocycles. The first kappa shape index (κ1) is 19.6. The second-order valence-corrected chi connectivity index (χ2v) is 7.71. The van der Waals surface area contributed by atoms with Crippen molar-refractivity contribution in [3.8, 4) is 0 Å². The molecule has 3 rings (SSSR count). The van der Waals surface area contributed by atoms with Gasteiger partial charge in [0.05, 0.1) is 18.8 Å². The number of nitrogens with zero attached hydrogens (tertiary/aromatic N) is 3. The number of aromatic nitrogens is 2. The summed E-state index contributed by atoms with van der Waals surface area (Å²) < 4.78 is 0. The molecule has 6 heteroatoms. The number of aryl methyl sites for hydroxylation is 1. The average Bonchev–Trinajstić information content (AvgIpc) is 2.64. The molecule has 0 saturated heterocycles. The molecule has 2 heterocycles. The van der Waals surface area contributed by atoms with Crippen LogP contribution in [0.2, 0.25) is 0 Å². The summed E-state index contributed by atoms with van der Waals surface area (Å²) in [4.78, 5) is 11.4. The lowest BCUT2D eigenvalue weighted by molar-refractivity contribution is 0.199. The van der Waals surface area contributed by atoms with Crippen molar-refractivity contribution in [2.75, 3.05) is 23.4 Å². The number of anilines is 2. The van der Waals surface area contributed by atoms with Crippen LogP contribution in [0.15, 0.2) is 24.3 Å². The lowest BCUT2D eigenvalue weighted by Crippen LogP contribution is -2.32. The summed E-state index contributed by atoms with van der Waals surface area (Å²) in [6.45, 7) is 9.58. The molecule has 0 spiro atoms. The lowest BCUT2D eigenvalue weighted by Gasteiger charge is -2.31. The molecule has 1 aromatic carbocycles. The van der Waals surface area contributed by atoms with Crippen LogP contribution < -0.4 is 10.2 Å². The van der Waals surface area contributed by atoms with Crippen molar-refractivity contribution in [2.45, 2.75) is 52.8 Å². The fraction of sp³-hybridized carbons (Fsp3) is 0.524. The third kappa shape index (κ3) is 4.57. The van der Waals surface area contributed by atoms with E-state index in [-0.39, 0.29) is 12.6 Å². The lowest BCUT2D eigenvalue weighted by atomic mass is 9.96. The Kier molecular flexibility index (Phi) is 5.97. The zero-order valence-corrected chi connectivity index (χ0v) is 16.6. The summed E-state index contributed by atoms with van der Waals surface area (Å²) in [5, 5.41) is 22.7. The van der Waals surface area contributed by atoms with Gasteiger partial charge in [-0.15, -0.1) is 0 Å². The van der Waals surface area contributed by atoms with Crippen LogP contribution in [-0.2, 0) is 13.0 Å². The van der Waals surface area contributed by atoms with Crippen LogP contribution in [0.25, 0.3) is 0 Å². The number of aliphatic hydroxyl groups is 2. The maximum Gasteiger partial charge on any atom is 0.134 e. The van der Waals surface area contributed by atoms with Crippen molar-refractivity contribution >= 4 is 11.6 Å². The fourth-order valence-corrected chi connectivity index (χ4v) is 3.43. The molecule has 146 valence electrons. The van der Waals surface area contributed by atoms with Crippen molar-refractivity contribution in [1.82, 2.24) is 9.97 Å². The van der Waals surface area contributed by atoms with Gasteiger partial charge in [-0.3, -0.25) is 0 Å². The van der Waals surface area contributed by atoms with E-state index < -0.39 is 6.10 Å². The molecule has 1 aliphatic rings. The highest BCUT2D eigenvalue weighted by Gasteiger charge is 2.20. The molecule has 2 atom stereocenters. The number of hydrogen-bond acceptors (Lipinski definition) is 6. The molecule has 1 aliphatic heterocycles. The van der Waals surface area contributed by atoms with E-state index in [1.807, 2.05) is 19.1 Å². The summed E-state index contributed by atoms with van der Waals surface area (Å²) in [6.07, 6.45) is 0.486. The Morgan fingerprint density at radius 3 is 2.59 bits per heavy atom. The zero-order valence-electron chi connectivity index (χ0n) is 16.6. The summed E-state index contributed by atoms with van der Waals surface area (Å²) in [6, 6.07) is 8.15. The fourth-order valence-electron chi connectivity index (χ4n) is 3.43. The summed E-state index contributed by atoms with van der Waals surface area (Å²) in [5.74, 6) is 2.67. The van der Waals surface area contributed by atoms with E-state index in [9.17, 15) is 10.2 Å². The first-order valence-electron chi connectivity index (χ1n) is 9.65. The van der Waals surface area contributed by atoms with Crippen molar-refractivity contribution in [3.63, 3.8) is 0 Å². The molecule has 3 N–H and O–H groups in total. The molecule has 0 amide bonds. The summed E-state index contributed by atoms with van der Waals surface area (Å²) in [7, 11) is 0. The predicted molar refractivity (Wildman–Crippen MR) is 108 cm³/mol. The van der Waals surface area contributed by atoms with Gasteiger partial charge in [-0.25, -0.2) is 9.97 Å². The standard InChI is InChI=1S/C21H30N4O2/c1-13(2)19(12-26)24-20-10-21(23-15(4)22-20)25-8-7-17-9-16(14(3)27)5-6-18(17)11-25/h5-6,9-10,13-14,19,26-27H,7-8,11-12H2,1-4H3,(H,22,23,24)/t14-,19-/m1/s1. The van der Waals surface area contributed by atoms with Crippen LogP contribution in [0, 0.1) is 12.8 Å². The SMILES string of the molecule is Cc1nc(N[C@H](CO)C(C)C)cc(N2CCc3cc([C@@H](C)O)ccc3C2)n1. The second-order valence-electron chi connectivity index (χ2n) is 7.71. The van der Waals surface area contributed by atoms with Gasteiger partial charge in [-0.2, -0.15) is 0 Å². The van der Waals surface area contributed by atoms with E-state index in [1.54, 1.807) is 6.92 Å². The molecule has 0 unspecified atom stereocenters. The second kappa shape index (κ2) is 8.23. The van der Waals surface area contributed by atoms with Crippen molar-refractivity contribution < 1.29 is 10.2 Å². The zero-order chi connectivity index (χ0) is 19.6. The maximum atomic E-state index is 9.80. The van der Waals surface area contributed by atoms with Gasteiger partial charge in [0, 0.05) is 19.2 Å². The van der Waals surface area contributed by atoms with Gasteiger partial charge >= 0.3 is 0 Å². The number of hydrogen-bond donors (Lipinski definition) is 3. The van der Waals surface area contributed by atoms with E-state index >= 15 is 0 Å². The highest BCUT2D eigenvalue weighted by molar-refractivity contribution is 5.52. The normalized spacial score (nSPS) is 16.2. The molecule has 0 saturated carbocycles. The Morgan fingerprint density at radius 2 is 1.93 bits per heavy atom. The Labute approximate surface area is 161 Å². The summed E-state index contributed by atoms with van der Waals surface area (Å²) in [5.41, 5.74) is 3.54. The maximum absolute atomic E-state index is 9.80. The summed E-state index contributed by atoms with van der Waals surface area (Å²) >= 11 is 0. The van der Waals surface area contributed by atoms with E-state index in [2.05, 4.69) is 46.2 Å². The topological polar surface area (TPSA) is 81.5 Å². The quantitative estimate of drug-likeness (QED) is 0.725. The monoisotopic (exact) mass is 370 g/mol. The minimum absolute atomic E-state index is 0.0341. The minimum Gasteiger partial charge on any atom is -0.394 e. The molecule has 0 bridgehead atoms. The van der Waals surface area contributed by atoms with Crippen molar-refractivity contribution in [2.24, 2.45) is 5.92 Å². The van der Waals surface area contributed by atoms with Gasteiger partial charge in [0.25, 0.3) is 0 Å². The highest BCUT2D eigenvalue weighted by Crippen LogP contribution is 2.27. The third-order valence-electron chi connectivity index (χ3n) is 5.21. The van der Waals surface area contributed by atoms with E-state index in [4.69, 9.17) is 0 Å². The van der Waals surface area contributed by atoms with Crippen LogP contribution in [0.3, 0.4) is 0 Å². The third-order valence-corrected chi connectivity index (χ3v) is 5.21. The van der Waals surface area contributed by atoms with Crippen LogP contribution in [0.5, 0.6) is 0 Å². The van der Waals surface area contributed by atoms with Gasteiger partial charge in [0.1, 0.15) is 17.5 Å². The number of nitrogens with one attached hydrogen (secondary N) is 1. The van der Waals surface area contributed by atoms with E-state index in [1.165, 1.54) is 11.1 Å². The van der Waals surface area contributed by atoms with Gasteiger partial charge in [-0.05, 0) is 42.9 Å². The van der Waals surface area contributed by atoms with Crippen LogP contribution in [0.4, 0.5) is 11.6 Å². The Hall–Kier alpha value is -2.18. The number of aliphatic hydroxyl groups excluding tert-OH is 2. The van der Waals surface area contributed by atoms with Crippen LogP contribution in [0.1, 0.15) is 49.4 Å². The number of rotatable bonds is 6. The first-order chi connectivity index (χ1) is 12.9. The minimum atomic E-state index is -0.438. The van der Waals surface area contributed by atoms with Gasteiger partial charge in [-0.1, -0.05) is 32.0 Å². The molecule has 27 heavy (non-hydrogen) atoms. The molecular weight excluding hydrogens is 340 g/mol. The molecule has 0 fully saturated rings. The first-order valence-corrected chi connectivity index (χ1v) is 9.65. The highest BCUT2D eigenvalue weighted by atomic mass is 16.3. The van der Waals surface area contributed by atoms with Crippen molar-refractivity contribution in [1.29, 1.82) is 0 Å². The van der Waals surface area contributed by atoms with Crippen molar-refractivity contribution in [3.05, 3.63) is 46.8 Å². The van der Waals surface area contributed by atoms with Crippen LogP contribution in [-0.4, -0.2) is 39.4 Å². The Balaban J connectivity index is 1.81. The number of fused-ring (bicyclic) bond motifs is 1. The molecule has 2 aromatic rings. The largest absolute Gasteiger partial charge is 0.394 e. The Bertz CT molecular complexity index is 792. The Morgan fingerprint density at radius 1 is 1.15 bits per heavy atom. The van der Waals surface area contributed by atoms with Gasteiger partial charge in [0.2, 0.25) is 0 Å². The molecule has 0 aliphatic carbocycles. The molecular formula is C21H30N4O2. The molecule has 0 radical (unpaired) electrons. The van der Waals surface area contributed by atoms with Gasteiger partial charge < -0.3 is 20.4 Å². The van der Waals surface area contributed by atoms with Gasteiger partial charge in [0.15, 0.2) is 0 Å².